The van der Waals surface area contributed by atoms with Gasteiger partial charge in [-0.15, -0.1) is 0 Å². The topological polar surface area (TPSA) is 83.5 Å². The number of aromatic nitrogens is 1. The average molecular weight is 155 g/mol. The number of nitrogens with zero attached hydrogens (tertiary/aromatic N) is 2. The quantitative estimate of drug-likeness (QED) is 0.451. The first kappa shape index (κ1) is 7.58. The molecule has 1 aromatic heterocycles. The van der Waals surface area contributed by atoms with Crippen LogP contribution in [0, 0.1) is 15.3 Å². The molecule has 1 aromatic rings. The molecule has 0 radical (unpaired) electrons. The Labute approximate surface area is 61.8 Å². The molecular formula is C5H5N3O3. The van der Waals surface area contributed by atoms with Crippen molar-refractivity contribution in [2.75, 3.05) is 0 Å². The van der Waals surface area contributed by atoms with Crippen LogP contribution in [0.1, 0.15) is 0 Å². The molecule has 0 aliphatic rings. The van der Waals surface area contributed by atoms with E-state index in [4.69, 9.17) is 0 Å². The highest BCUT2D eigenvalue weighted by Crippen LogP contribution is 1.93. The minimum absolute atomic E-state index is 0.00231. The first-order valence-corrected chi connectivity index (χ1v) is 2.80. The number of nitro groups is 1. The van der Waals surface area contributed by atoms with E-state index in [9.17, 15) is 15.3 Å². The van der Waals surface area contributed by atoms with Gasteiger partial charge >= 0.3 is 0 Å². The molecule has 0 amide bonds. The zero-order valence-corrected chi connectivity index (χ0v) is 5.43. The number of rotatable bonds is 2. The van der Waals surface area contributed by atoms with Crippen LogP contribution in [0.5, 0.6) is 0 Å². The van der Waals surface area contributed by atoms with Gasteiger partial charge < -0.3 is 5.21 Å². The van der Waals surface area contributed by atoms with Crippen LogP contribution in [-0.4, -0.2) is 10.0 Å². The van der Waals surface area contributed by atoms with E-state index in [1.165, 1.54) is 18.3 Å². The van der Waals surface area contributed by atoms with Gasteiger partial charge in [-0.25, -0.2) is 10.1 Å². The van der Waals surface area contributed by atoms with Gasteiger partial charge in [0.25, 0.3) is 0 Å². The molecule has 0 saturated carbocycles. The van der Waals surface area contributed by atoms with Crippen molar-refractivity contribution in [3.8, 4) is 0 Å². The predicted molar refractivity (Wildman–Crippen MR) is 35.2 cm³/mol. The lowest BCUT2D eigenvalue weighted by Crippen LogP contribution is -3.05. The predicted octanol–water partition coefficient (Wildman–Crippen LogP) is -0.713. The number of quaternary nitrogens is 1. The third-order valence-corrected chi connectivity index (χ3v) is 1.07. The van der Waals surface area contributed by atoms with Gasteiger partial charge in [0.2, 0.25) is 10.7 Å². The van der Waals surface area contributed by atoms with Crippen LogP contribution in [0.2, 0.25) is 0 Å². The Morgan fingerprint density at radius 3 is 2.82 bits per heavy atom. The van der Waals surface area contributed by atoms with Crippen LogP contribution in [0.15, 0.2) is 24.5 Å². The summed E-state index contributed by atoms with van der Waals surface area (Å²) in [5, 5.41) is 18.4. The lowest BCUT2D eigenvalue weighted by Gasteiger charge is -2.07. The fourth-order valence-corrected chi connectivity index (χ4v) is 0.595. The van der Waals surface area contributed by atoms with Crippen molar-refractivity contribution in [3.63, 3.8) is 0 Å². The molecule has 0 saturated heterocycles. The standard InChI is InChI=1S/C5H5N3O3/c9-7(8(10)11)5-2-1-3-6-4-5/h1-4,7H. The Morgan fingerprint density at radius 1 is 1.64 bits per heavy atom. The van der Waals surface area contributed by atoms with Crippen LogP contribution < -0.4 is 5.17 Å². The van der Waals surface area contributed by atoms with Crippen LogP contribution in [-0.2, 0) is 0 Å². The minimum Gasteiger partial charge on any atom is -0.566 e. The summed E-state index contributed by atoms with van der Waals surface area (Å²) < 4.78 is 0. The molecule has 6 heteroatoms. The van der Waals surface area contributed by atoms with Crippen molar-refractivity contribution in [3.05, 3.63) is 39.8 Å². The van der Waals surface area contributed by atoms with Crippen molar-refractivity contribution in [1.82, 2.24) is 4.98 Å². The van der Waals surface area contributed by atoms with E-state index in [1.807, 2.05) is 0 Å². The second kappa shape index (κ2) is 3.04. The Kier molecular flexibility index (Phi) is 2.09. The van der Waals surface area contributed by atoms with Gasteiger partial charge in [-0.1, -0.05) is 0 Å². The van der Waals surface area contributed by atoms with E-state index in [-0.39, 0.29) is 5.69 Å². The molecule has 0 fully saturated rings. The molecule has 0 bridgehead atoms. The van der Waals surface area contributed by atoms with Gasteiger partial charge in [0.15, 0.2) is 0 Å². The number of pyridine rings is 1. The molecule has 1 heterocycles. The summed E-state index contributed by atoms with van der Waals surface area (Å²) >= 11 is 0. The summed E-state index contributed by atoms with van der Waals surface area (Å²) in [6.45, 7) is 0. The van der Waals surface area contributed by atoms with Gasteiger partial charge in [-0.3, -0.25) is 4.98 Å². The molecular weight excluding hydrogens is 150 g/mol. The summed E-state index contributed by atoms with van der Waals surface area (Å²) in [4.78, 5) is 13.5. The summed E-state index contributed by atoms with van der Waals surface area (Å²) in [6.07, 6.45) is 2.60. The maximum Gasteiger partial charge on any atom is 0.242 e. The average Bonchev–Trinajstić information content (AvgIpc) is 2.05. The van der Waals surface area contributed by atoms with Gasteiger partial charge in [0.05, 0.1) is 6.20 Å². The molecule has 58 valence electrons. The number of hydrogen-bond donors (Lipinski definition) is 1. The maximum atomic E-state index is 10.6. The summed E-state index contributed by atoms with van der Waals surface area (Å²) in [5.74, 6) is 0. The lowest BCUT2D eigenvalue weighted by molar-refractivity contribution is -1.25. The van der Waals surface area contributed by atoms with Crippen molar-refractivity contribution < 1.29 is 10.2 Å². The maximum absolute atomic E-state index is 10.6. The molecule has 1 atom stereocenters. The summed E-state index contributed by atoms with van der Waals surface area (Å²) in [7, 11) is 0. The Bertz CT molecular complexity index is 250. The van der Waals surface area contributed by atoms with Crippen LogP contribution >= 0.6 is 0 Å². The Balaban J connectivity index is 2.85. The van der Waals surface area contributed by atoms with E-state index >= 15 is 0 Å². The van der Waals surface area contributed by atoms with E-state index < -0.39 is 10.2 Å². The molecule has 1 rings (SSSR count). The second-order valence-electron chi connectivity index (χ2n) is 1.80. The third-order valence-electron chi connectivity index (χ3n) is 1.07. The first-order chi connectivity index (χ1) is 5.22. The molecule has 0 spiro atoms. The zero-order valence-electron chi connectivity index (χ0n) is 5.43. The number of nitrogens with one attached hydrogen (secondary N) is 1. The highest BCUT2D eigenvalue weighted by molar-refractivity contribution is 5.22. The molecule has 6 nitrogen and oxygen atoms in total. The molecule has 11 heavy (non-hydrogen) atoms. The van der Waals surface area contributed by atoms with E-state index in [2.05, 4.69) is 4.98 Å². The van der Waals surface area contributed by atoms with Crippen molar-refractivity contribution in [2.45, 2.75) is 0 Å². The van der Waals surface area contributed by atoms with E-state index in [0.29, 0.717) is 0 Å². The Morgan fingerprint density at radius 2 is 2.36 bits per heavy atom. The SMILES string of the molecule is O=[N+]([O-])[NH+]([O-])c1cccnc1. The fourth-order valence-electron chi connectivity index (χ4n) is 0.595. The van der Waals surface area contributed by atoms with Gasteiger partial charge in [-0.2, -0.15) is 0 Å². The van der Waals surface area contributed by atoms with Crippen LogP contribution in [0.3, 0.4) is 0 Å². The van der Waals surface area contributed by atoms with E-state index in [0.717, 1.165) is 6.20 Å². The normalized spacial score (nSPS) is 12.5. The molecule has 0 aromatic carbocycles. The molecule has 0 aliphatic heterocycles. The largest absolute Gasteiger partial charge is 0.566 e. The highest BCUT2D eigenvalue weighted by Gasteiger charge is 2.10. The van der Waals surface area contributed by atoms with Crippen molar-refractivity contribution in [2.24, 2.45) is 0 Å². The third kappa shape index (κ3) is 1.69. The van der Waals surface area contributed by atoms with Gasteiger partial charge in [0, 0.05) is 12.3 Å². The molecule has 1 N–H and O–H groups in total. The second-order valence-corrected chi connectivity index (χ2v) is 1.80. The number of hydrogen-bond acceptors (Lipinski definition) is 4. The first-order valence-electron chi connectivity index (χ1n) is 2.80. The van der Waals surface area contributed by atoms with Crippen LogP contribution in [0.25, 0.3) is 0 Å². The van der Waals surface area contributed by atoms with Gasteiger partial charge in [0.1, 0.15) is 0 Å². The smallest absolute Gasteiger partial charge is 0.242 e. The van der Waals surface area contributed by atoms with Crippen molar-refractivity contribution >= 4 is 5.69 Å². The van der Waals surface area contributed by atoms with Crippen LogP contribution in [0.4, 0.5) is 5.69 Å². The summed E-state index contributed by atoms with van der Waals surface area (Å²) in [5.41, 5.74) is -0.00231. The highest BCUT2D eigenvalue weighted by atomic mass is 16.8. The minimum atomic E-state index is -1.13. The van der Waals surface area contributed by atoms with E-state index in [1.54, 1.807) is 0 Å². The molecule has 0 aliphatic carbocycles. The summed E-state index contributed by atoms with van der Waals surface area (Å²) in [6, 6.07) is 2.81. The van der Waals surface area contributed by atoms with Gasteiger partial charge in [-0.05, 0) is 11.2 Å². The zero-order chi connectivity index (χ0) is 8.27. The lowest BCUT2D eigenvalue weighted by atomic mass is 10.4. The van der Waals surface area contributed by atoms with Crippen molar-refractivity contribution in [1.29, 1.82) is 0 Å². The Hall–Kier alpha value is -1.53. The monoisotopic (exact) mass is 155 g/mol. The molecule has 1 unspecified atom stereocenters. The fraction of sp³-hybridized carbons (Fsp3) is 0.